The normalized spacial score (nSPS) is 39.8. The van der Waals surface area contributed by atoms with Crippen LogP contribution in [0.15, 0.2) is 28.9 Å². The Labute approximate surface area is 111 Å². The highest BCUT2D eigenvalue weighted by molar-refractivity contribution is 6.32. The summed E-state index contributed by atoms with van der Waals surface area (Å²) in [5.74, 6) is 0.411. The summed E-state index contributed by atoms with van der Waals surface area (Å²) in [6, 6.07) is 0.637. The van der Waals surface area contributed by atoms with E-state index in [0.29, 0.717) is 30.1 Å². The van der Waals surface area contributed by atoms with Crippen molar-refractivity contribution < 1.29 is 9.59 Å². The lowest BCUT2D eigenvalue weighted by Gasteiger charge is -2.35. The van der Waals surface area contributed by atoms with Gasteiger partial charge in [-0.05, 0) is 24.8 Å². The van der Waals surface area contributed by atoms with Crippen molar-refractivity contribution >= 4 is 18.0 Å². The van der Waals surface area contributed by atoms with E-state index in [1.54, 1.807) is 4.90 Å². The number of nitrogens with one attached hydrogen (secondary N) is 1. The SMILES string of the molecule is O=C1N=CC(=O)N2CC3NC4C=CCCC4C3C=C12. The molecule has 0 bridgehead atoms. The second-order valence-electron chi connectivity index (χ2n) is 5.61. The Bertz CT molecular complexity index is 549. The maximum atomic E-state index is 11.8. The topological polar surface area (TPSA) is 61.8 Å². The molecule has 0 aromatic carbocycles. The van der Waals surface area contributed by atoms with Gasteiger partial charge in [-0.3, -0.25) is 9.59 Å². The van der Waals surface area contributed by atoms with Crippen LogP contribution in [0.2, 0.25) is 0 Å². The number of carbonyl (C=O) groups excluding carboxylic acids is 2. The summed E-state index contributed by atoms with van der Waals surface area (Å²) in [4.78, 5) is 28.9. The molecule has 2 amide bonds. The van der Waals surface area contributed by atoms with E-state index in [2.05, 4.69) is 22.5 Å². The van der Waals surface area contributed by atoms with Gasteiger partial charge in [-0.25, -0.2) is 4.99 Å². The minimum atomic E-state index is -0.284. The summed E-state index contributed by atoms with van der Waals surface area (Å²) in [6.07, 6.45) is 9.79. The highest BCUT2D eigenvalue weighted by Gasteiger charge is 2.46. The average Bonchev–Trinajstić information content (AvgIpc) is 2.79. The molecular weight excluding hydrogens is 242 g/mol. The summed E-state index contributed by atoms with van der Waals surface area (Å²) >= 11 is 0. The summed E-state index contributed by atoms with van der Waals surface area (Å²) in [5, 5.41) is 3.58. The predicted molar refractivity (Wildman–Crippen MR) is 69.4 cm³/mol. The van der Waals surface area contributed by atoms with Crippen LogP contribution >= 0.6 is 0 Å². The largest absolute Gasteiger partial charge is 0.305 e. The molecule has 5 heteroatoms. The number of fused-ring (bicyclic) bond motifs is 4. The summed E-state index contributed by atoms with van der Waals surface area (Å²) in [5.41, 5.74) is 0.478. The molecule has 4 rings (SSSR count). The second kappa shape index (κ2) is 3.87. The van der Waals surface area contributed by atoms with Crippen LogP contribution in [0.4, 0.5) is 0 Å². The van der Waals surface area contributed by atoms with Crippen LogP contribution in [0.5, 0.6) is 0 Å². The van der Waals surface area contributed by atoms with E-state index in [-0.39, 0.29) is 17.9 Å². The van der Waals surface area contributed by atoms with E-state index in [9.17, 15) is 9.59 Å². The van der Waals surface area contributed by atoms with Crippen molar-refractivity contribution in [3.8, 4) is 0 Å². The first-order valence-electron chi connectivity index (χ1n) is 6.78. The van der Waals surface area contributed by atoms with Crippen molar-refractivity contribution in [1.82, 2.24) is 10.2 Å². The van der Waals surface area contributed by atoms with Crippen molar-refractivity contribution in [1.29, 1.82) is 0 Å². The van der Waals surface area contributed by atoms with Crippen LogP contribution in [0.3, 0.4) is 0 Å². The van der Waals surface area contributed by atoms with Gasteiger partial charge < -0.3 is 10.2 Å². The molecule has 1 saturated heterocycles. The molecule has 1 N–H and O–H groups in total. The molecule has 0 aromatic rings. The molecule has 1 fully saturated rings. The summed E-state index contributed by atoms with van der Waals surface area (Å²) < 4.78 is 0. The van der Waals surface area contributed by atoms with Crippen molar-refractivity contribution in [2.24, 2.45) is 16.8 Å². The van der Waals surface area contributed by atoms with Gasteiger partial charge in [-0.2, -0.15) is 0 Å². The summed E-state index contributed by atoms with van der Waals surface area (Å²) in [6.45, 7) is 0.577. The Morgan fingerprint density at radius 3 is 3.16 bits per heavy atom. The molecule has 0 spiro atoms. The number of nitrogens with zero attached hydrogens (tertiary/aromatic N) is 2. The number of amides is 2. The molecule has 98 valence electrons. The summed E-state index contributed by atoms with van der Waals surface area (Å²) in [7, 11) is 0. The van der Waals surface area contributed by atoms with Crippen LogP contribution in [0, 0.1) is 11.8 Å². The molecule has 0 saturated carbocycles. The van der Waals surface area contributed by atoms with E-state index in [0.717, 1.165) is 19.1 Å². The lowest BCUT2D eigenvalue weighted by atomic mass is 9.79. The quantitative estimate of drug-likeness (QED) is 0.633. The maximum absolute atomic E-state index is 11.8. The fourth-order valence-corrected chi connectivity index (χ4v) is 3.75. The number of hydrogen-bond donors (Lipinski definition) is 1. The Morgan fingerprint density at radius 1 is 1.37 bits per heavy atom. The zero-order valence-corrected chi connectivity index (χ0v) is 10.5. The highest BCUT2D eigenvalue weighted by atomic mass is 16.2. The number of hydrogen-bond acceptors (Lipinski definition) is 3. The van der Waals surface area contributed by atoms with Gasteiger partial charge in [0.15, 0.2) is 0 Å². The van der Waals surface area contributed by atoms with Crippen LogP contribution in [0.1, 0.15) is 12.8 Å². The standard InChI is InChI=1S/C14H15N3O2/c18-13-6-15-14(19)12-5-9-8-3-1-2-4-10(8)16-11(9)7-17(12)13/h2,4-6,8-11,16H,1,3,7H2. The minimum Gasteiger partial charge on any atom is -0.305 e. The van der Waals surface area contributed by atoms with E-state index >= 15 is 0 Å². The Morgan fingerprint density at radius 2 is 2.26 bits per heavy atom. The van der Waals surface area contributed by atoms with E-state index < -0.39 is 0 Å². The second-order valence-corrected chi connectivity index (χ2v) is 5.61. The van der Waals surface area contributed by atoms with Crippen molar-refractivity contribution in [3.63, 3.8) is 0 Å². The maximum Gasteiger partial charge on any atom is 0.293 e. The van der Waals surface area contributed by atoms with Gasteiger partial charge in [-0.1, -0.05) is 12.2 Å². The predicted octanol–water partition coefficient (Wildman–Crippen LogP) is 0.246. The van der Waals surface area contributed by atoms with Gasteiger partial charge in [0.25, 0.3) is 11.8 Å². The molecule has 4 unspecified atom stereocenters. The van der Waals surface area contributed by atoms with Gasteiger partial charge in [0, 0.05) is 24.5 Å². The van der Waals surface area contributed by atoms with Crippen LogP contribution in [0.25, 0.3) is 0 Å². The first kappa shape index (κ1) is 11.1. The Kier molecular flexibility index (Phi) is 2.26. The third kappa shape index (κ3) is 1.54. The molecule has 4 atom stereocenters. The van der Waals surface area contributed by atoms with Gasteiger partial charge in [0.2, 0.25) is 0 Å². The molecule has 3 heterocycles. The molecule has 19 heavy (non-hydrogen) atoms. The number of carbonyl (C=O) groups is 2. The van der Waals surface area contributed by atoms with Crippen molar-refractivity contribution in [2.75, 3.05) is 6.54 Å². The molecule has 5 nitrogen and oxygen atoms in total. The molecule has 3 aliphatic heterocycles. The monoisotopic (exact) mass is 257 g/mol. The molecule has 0 aromatic heterocycles. The number of aliphatic imine (C=N–C) groups is 1. The third-order valence-corrected chi connectivity index (χ3v) is 4.63. The van der Waals surface area contributed by atoms with Gasteiger partial charge in [0.05, 0.1) is 6.21 Å². The minimum absolute atomic E-state index is 0.184. The molecular formula is C14H15N3O2. The van der Waals surface area contributed by atoms with E-state index in [1.165, 1.54) is 0 Å². The van der Waals surface area contributed by atoms with E-state index in [1.807, 2.05) is 6.08 Å². The highest BCUT2D eigenvalue weighted by Crippen LogP contribution is 2.39. The smallest absolute Gasteiger partial charge is 0.293 e. The molecule has 1 aliphatic carbocycles. The lowest BCUT2D eigenvalue weighted by Crippen LogP contribution is -2.50. The van der Waals surface area contributed by atoms with Gasteiger partial charge in [0.1, 0.15) is 5.70 Å². The third-order valence-electron chi connectivity index (χ3n) is 4.63. The van der Waals surface area contributed by atoms with E-state index in [4.69, 9.17) is 0 Å². The fourth-order valence-electron chi connectivity index (χ4n) is 3.75. The van der Waals surface area contributed by atoms with Crippen LogP contribution < -0.4 is 5.32 Å². The number of rotatable bonds is 0. The average molecular weight is 257 g/mol. The first-order valence-corrected chi connectivity index (χ1v) is 6.78. The van der Waals surface area contributed by atoms with Crippen molar-refractivity contribution in [2.45, 2.75) is 24.9 Å². The van der Waals surface area contributed by atoms with Crippen LogP contribution in [-0.2, 0) is 9.59 Å². The van der Waals surface area contributed by atoms with Crippen molar-refractivity contribution in [3.05, 3.63) is 23.9 Å². The number of allylic oxidation sites excluding steroid dienone is 1. The zero-order chi connectivity index (χ0) is 13.0. The Balaban J connectivity index is 1.72. The zero-order valence-electron chi connectivity index (χ0n) is 10.5. The first-order chi connectivity index (χ1) is 9.24. The van der Waals surface area contributed by atoms with Crippen LogP contribution in [-0.4, -0.2) is 41.6 Å². The molecule has 0 radical (unpaired) electrons. The Hall–Kier alpha value is -1.75. The molecule has 4 aliphatic rings. The fraction of sp³-hybridized carbons (Fsp3) is 0.500. The van der Waals surface area contributed by atoms with Gasteiger partial charge in [-0.15, -0.1) is 0 Å². The van der Waals surface area contributed by atoms with Gasteiger partial charge >= 0.3 is 0 Å². The lowest BCUT2D eigenvalue weighted by molar-refractivity contribution is -0.128.